The van der Waals surface area contributed by atoms with Gasteiger partial charge in [0.1, 0.15) is 0 Å². The summed E-state index contributed by atoms with van der Waals surface area (Å²) in [6.07, 6.45) is -2.23. The van der Waals surface area contributed by atoms with Crippen LogP contribution >= 0.6 is 0 Å². The Hall–Kier alpha value is -0.780. The van der Waals surface area contributed by atoms with Crippen LogP contribution in [0.15, 0.2) is 0 Å². The number of hydrogen-bond acceptors (Lipinski definition) is 2. The summed E-state index contributed by atoms with van der Waals surface area (Å²) < 4.78 is 37.4. The summed E-state index contributed by atoms with van der Waals surface area (Å²) in [5.41, 5.74) is 2.26. The second-order valence-corrected chi connectivity index (χ2v) is 4.20. The summed E-state index contributed by atoms with van der Waals surface area (Å²) in [6, 6.07) is -0.0808. The van der Waals surface area contributed by atoms with E-state index < -0.39 is 17.6 Å². The zero-order valence-electron chi connectivity index (χ0n) is 8.77. The first kappa shape index (κ1) is 12.3. The van der Waals surface area contributed by atoms with Gasteiger partial charge in [0.25, 0.3) is 5.91 Å². The fraction of sp³-hybridized carbons (Fsp3) is 0.889. The van der Waals surface area contributed by atoms with Crippen LogP contribution in [0.25, 0.3) is 0 Å². The number of likely N-dealkylation sites (N-methyl/N-ethyl adjacent to an activating group) is 1. The largest absolute Gasteiger partial charge is 0.415 e. The van der Waals surface area contributed by atoms with Gasteiger partial charge in [0.05, 0.1) is 0 Å². The second kappa shape index (κ2) is 3.66. The molecule has 0 spiro atoms. The summed E-state index contributed by atoms with van der Waals surface area (Å²) in [5, 5.41) is 0. The third kappa shape index (κ3) is 2.09. The van der Waals surface area contributed by atoms with Crippen LogP contribution in [0.1, 0.15) is 26.2 Å². The number of nitrogens with zero attached hydrogens (tertiary/aromatic N) is 1. The molecule has 1 rings (SSSR count). The zero-order chi connectivity index (χ0) is 11.9. The molecule has 1 aliphatic rings. The summed E-state index contributed by atoms with van der Waals surface area (Å²) in [6.45, 7) is 0.713. The van der Waals surface area contributed by atoms with E-state index >= 15 is 0 Å². The van der Waals surface area contributed by atoms with Gasteiger partial charge in [0.15, 0.2) is 5.54 Å². The Morgan fingerprint density at radius 1 is 1.40 bits per heavy atom. The van der Waals surface area contributed by atoms with Gasteiger partial charge in [-0.3, -0.25) is 4.79 Å². The number of hydrogen-bond donors (Lipinski definition) is 1. The van der Waals surface area contributed by atoms with Crippen LogP contribution in [0.5, 0.6) is 0 Å². The van der Waals surface area contributed by atoms with Gasteiger partial charge in [0.2, 0.25) is 0 Å². The van der Waals surface area contributed by atoms with Crippen molar-refractivity contribution in [3.05, 3.63) is 0 Å². The van der Waals surface area contributed by atoms with E-state index in [4.69, 9.17) is 5.73 Å². The molecule has 3 nitrogen and oxygen atoms in total. The van der Waals surface area contributed by atoms with E-state index in [0.717, 1.165) is 24.2 Å². The lowest BCUT2D eigenvalue weighted by Crippen LogP contribution is -2.63. The third-order valence-corrected chi connectivity index (χ3v) is 2.98. The highest BCUT2D eigenvalue weighted by molar-refractivity contribution is 5.86. The van der Waals surface area contributed by atoms with Gasteiger partial charge < -0.3 is 10.6 Å². The first-order valence-corrected chi connectivity index (χ1v) is 4.81. The minimum atomic E-state index is -4.71. The first-order valence-electron chi connectivity index (χ1n) is 4.81. The van der Waals surface area contributed by atoms with Crippen molar-refractivity contribution in [1.82, 2.24) is 4.90 Å². The molecule has 88 valence electrons. The highest BCUT2D eigenvalue weighted by Gasteiger charge is 2.55. The van der Waals surface area contributed by atoms with Crippen molar-refractivity contribution in [2.45, 2.75) is 43.9 Å². The summed E-state index contributed by atoms with van der Waals surface area (Å²) in [7, 11) is 1.38. The Labute approximate surface area is 86.4 Å². The van der Waals surface area contributed by atoms with Crippen molar-refractivity contribution < 1.29 is 18.0 Å². The van der Waals surface area contributed by atoms with Crippen molar-refractivity contribution in [1.29, 1.82) is 0 Å². The topological polar surface area (TPSA) is 46.3 Å². The van der Waals surface area contributed by atoms with E-state index in [9.17, 15) is 18.0 Å². The van der Waals surface area contributed by atoms with E-state index in [1.165, 1.54) is 7.05 Å². The highest BCUT2D eigenvalue weighted by atomic mass is 19.4. The van der Waals surface area contributed by atoms with Gasteiger partial charge in [-0.05, 0) is 26.2 Å². The van der Waals surface area contributed by atoms with Crippen LogP contribution in [-0.4, -0.2) is 35.6 Å². The lowest BCUT2D eigenvalue weighted by molar-refractivity contribution is -0.194. The Morgan fingerprint density at radius 3 is 2.13 bits per heavy atom. The predicted octanol–water partition coefficient (Wildman–Crippen LogP) is 1.28. The van der Waals surface area contributed by atoms with E-state index in [1.807, 2.05) is 0 Å². The van der Waals surface area contributed by atoms with Crippen molar-refractivity contribution >= 4 is 5.91 Å². The highest BCUT2D eigenvalue weighted by Crippen LogP contribution is 2.32. The lowest BCUT2D eigenvalue weighted by atomic mass is 9.90. The van der Waals surface area contributed by atoms with Gasteiger partial charge in [-0.15, -0.1) is 0 Å². The molecule has 0 aliphatic heterocycles. The van der Waals surface area contributed by atoms with Crippen LogP contribution in [0.3, 0.4) is 0 Å². The molecule has 0 aromatic carbocycles. The van der Waals surface area contributed by atoms with E-state index in [1.54, 1.807) is 0 Å². The Morgan fingerprint density at radius 2 is 1.87 bits per heavy atom. The molecule has 0 radical (unpaired) electrons. The zero-order valence-corrected chi connectivity index (χ0v) is 8.77. The van der Waals surface area contributed by atoms with Gasteiger partial charge in [-0.2, -0.15) is 13.2 Å². The van der Waals surface area contributed by atoms with E-state index in [2.05, 4.69) is 0 Å². The Balaban J connectivity index is 2.74. The minimum absolute atomic E-state index is 0.0808. The van der Waals surface area contributed by atoms with Crippen molar-refractivity contribution in [2.24, 2.45) is 5.73 Å². The van der Waals surface area contributed by atoms with Gasteiger partial charge in [-0.1, -0.05) is 0 Å². The average molecular weight is 224 g/mol. The molecule has 6 heteroatoms. The normalized spacial score (nSPS) is 21.7. The lowest BCUT2D eigenvalue weighted by Gasteiger charge is -2.39. The molecule has 2 N–H and O–H groups in total. The van der Waals surface area contributed by atoms with Gasteiger partial charge >= 0.3 is 6.18 Å². The number of halogens is 3. The molecule has 1 amide bonds. The molecule has 0 aromatic rings. The quantitative estimate of drug-likeness (QED) is 0.768. The monoisotopic (exact) mass is 224 g/mol. The Bertz CT molecular complexity index is 259. The molecule has 15 heavy (non-hydrogen) atoms. The fourth-order valence-electron chi connectivity index (χ4n) is 1.43. The summed E-state index contributed by atoms with van der Waals surface area (Å²) in [4.78, 5) is 12.6. The van der Waals surface area contributed by atoms with Crippen LogP contribution in [-0.2, 0) is 4.79 Å². The maximum Gasteiger partial charge on any atom is 0.415 e. The smallest absolute Gasteiger partial charge is 0.341 e. The number of carbonyl (C=O) groups excluding carboxylic acids is 1. The van der Waals surface area contributed by atoms with E-state index in [0.29, 0.717) is 6.92 Å². The number of amides is 1. The van der Waals surface area contributed by atoms with Crippen molar-refractivity contribution in [3.8, 4) is 0 Å². The summed E-state index contributed by atoms with van der Waals surface area (Å²) in [5.74, 6) is -1.06. The Kier molecular flexibility index (Phi) is 3.00. The SMILES string of the molecule is CN(C(=O)C(C)(N)C(F)(F)F)C1CCC1. The molecule has 0 aromatic heterocycles. The third-order valence-electron chi connectivity index (χ3n) is 2.98. The number of nitrogens with two attached hydrogens (primary N) is 1. The van der Waals surface area contributed by atoms with Gasteiger partial charge in [0, 0.05) is 13.1 Å². The molecule has 0 bridgehead atoms. The van der Waals surface area contributed by atoms with Gasteiger partial charge in [-0.25, -0.2) is 0 Å². The standard InChI is InChI=1S/C9H15F3N2O/c1-8(13,9(10,11)12)7(15)14(2)6-4-3-5-6/h6H,3-5,13H2,1-2H3. The van der Waals surface area contributed by atoms with Crippen LogP contribution in [0, 0.1) is 0 Å². The van der Waals surface area contributed by atoms with Crippen molar-refractivity contribution in [2.75, 3.05) is 7.05 Å². The molecule has 1 atom stereocenters. The molecule has 1 unspecified atom stereocenters. The fourth-order valence-corrected chi connectivity index (χ4v) is 1.43. The average Bonchev–Trinajstić information content (AvgIpc) is 1.97. The molecule has 1 saturated carbocycles. The number of carbonyl (C=O) groups is 1. The maximum atomic E-state index is 12.5. The van der Waals surface area contributed by atoms with Crippen LogP contribution in [0.4, 0.5) is 13.2 Å². The van der Waals surface area contributed by atoms with Crippen LogP contribution in [0.2, 0.25) is 0 Å². The molecule has 1 aliphatic carbocycles. The minimum Gasteiger partial charge on any atom is -0.341 e. The molecular formula is C9H15F3N2O. The number of alkyl halides is 3. The first-order chi connectivity index (χ1) is 6.68. The molecular weight excluding hydrogens is 209 g/mol. The van der Waals surface area contributed by atoms with Crippen molar-refractivity contribution in [3.63, 3.8) is 0 Å². The molecule has 0 saturated heterocycles. The maximum absolute atomic E-state index is 12.5. The van der Waals surface area contributed by atoms with Crippen LogP contribution < -0.4 is 5.73 Å². The van der Waals surface area contributed by atoms with E-state index in [-0.39, 0.29) is 6.04 Å². The summed E-state index contributed by atoms with van der Waals surface area (Å²) >= 11 is 0. The molecule has 1 fully saturated rings. The second-order valence-electron chi connectivity index (χ2n) is 4.20. The number of rotatable bonds is 2. The predicted molar refractivity (Wildman–Crippen MR) is 49.1 cm³/mol. The molecule has 0 heterocycles.